The molecule has 1 aromatic carbocycles. The molecule has 0 aliphatic carbocycles. The highest BCUT2D eigenvalue weighted by atomic mass is 16.5. The van der Waals surface area contributed by atoms with E-state index in [9.17, 15) is 0 Å². The molecule has 1 heterocycles. The van der Waals surface area contributed by atoms with Gasteiger partial charge in [0.05, 0.1) is 6.10 Å². The van der Waals surface area contributed by atoms with Gasteiger partial charge in [0.15, 0.2) is 0 Å². The number of rotatable bonds is 6. The minimum atomic E-state index is 0.441. The molecule has 1 aliphatic rings. The zero-order chi connectivity index (χ0) is 14.4. The number of likely N-dealkylation sites (tertiary alicyclic amines) is 1. The third-order valence-electron chi connectivity index (χ3n) is 4.14. The van der Waals surface area contributed by atoms with Crippen molar-refractivity contribution < 1.29 is 4.74 Å². The highest BCUT2D eigenvalue weighted by Gasteiger charge is 2.19. The normalized spacial score (nSPS) is 17.6. The summed E-state index contributed by atoms with van der Waals surface area (Å²) in [7, 11) is 0. The smallest absolute Gasteiger partial charge is 0.0599 e. The molecule has 2 N–H and O–H groups in total. The first-order chi connectivity index (χ1) is 9.69. The fourth-order valence-corrected chi connectivity index (χ4v) is 2.78. The Bertz CT molecular complexity index is 411. The van der Waals surface area contributed by atoms with Crippen LogP contribution in [-0.4, -0.2) is 37.2 Å². The molecular weight excluding hydrogens is 248 g/mol. The first-order valence-corrected chi connectivity index (χ1v) is 7.79. The maximum atomic E-state index is 5.86. The maximum absolute atomic E-state index is 5.86. The van der Waals surface area contributed by atoms with Crippen LogP contribution >= 0.6 is 0 Å². The van der Waals surface area contributed by atoms with Crippen LogP contribution < -0.4 is 5.73 Å². The van der Waals surface area contributed by atoms with Crippen LogP contribution in [0.15, 0.2) is 18.2 Å². The molecule has 1 saturated heterocycles. The van der Waals surface area contributed by atoms with Crippen molar-refractivity contribution in [2.24, 2.45) is 5.73 Å². The van der Waals surface area contributed by atoms with Gasteiger partial charge in [0, 0.05) is 26.2 Å². The van der Waals surface area contributed by atoms with E-state index in [-0.39, 0.29) is 0 Å². The van der Waals surface area contributed by atoms with E-state index >= 15 is 0 Å². The average molecular weight is 276 g/mol. The van der Waals surface area contributed by atoms with Gasteiger partial charge < -0.3 is 10.5 Å². The highest BCUT2D eigenvalue weighted by molar-refractivity contribution is 5.30. The Labute approximate surface area is 123 Å². The number of nitrogens with two attached hydrogens (primary N) is 1. The lowest BCUT2D eigenvalue weighted by Gasteiger charge is -2.32. The van der Waals surface area contributed by atoms with Crippen molar-refractivity contribution in [3.05, 3.63) is 34.9 Å². The Morgan fingerprint density at radius 1 is 1.25 bits per heavy atom. The van der Waals surface area contributed by atoms with Gasteiger partial charge in [-0.1, -0.05) is 23.8 Å². The number of piperidine rings is 1. The minimum Gasteiger partial charge on any atom is -0.378 e. The summed E-state index contributed by atoms with van der Waals surface area (Å²) in [6, 6.07) is 6.74. The molecular formula is C17H28N2O. The van der Waals surface area contributed by atoms with Crippen molar-refractivity contribution in [1.29, 1.82) is 0 Å². The molecule has 1 aliphatic heterocycles. The SMILES string of the molecule is Cc1ccc(C)c(CN2CCC(OCCCN)CC2)c1. The van der Waals surface area contributed by atoms with Crippen molar-refractivity contribution in [1.82, 2.24) is 4.90 Å². The molecule has 3 heteroatoms. The number of ether oxygens (including phenoxy) is 1. The Morgan fingerprint density at radius 2 is 2.00 bits per heavy atom. The predicted molar refractivity (Wildman–Crippen MR) is 83.8 cm³/mol. The van der Waals surface area contributed by atoms with Crippen molar-refractivity contribution in [3.63, 3.8) is 0 Å². The zero-order valence-electron chi connectivity index (χ0n) is 12.9. The summed E-state index contributed by atoms with van der Waals surface area (Å²) in [5, 5.41) is 0. The quantitative estimate of drug-likeness (QED) is 0.812. The van der Waals surface area contributed by atoms with Crippen molar-refractivity contribution in [2.45, 2.75) is 45.8 Å². The average Bonchev–Trinajstić information content (AvgIpc) is 2.45. The van der Waals surface area contributed by atoms with Gasteiger partial charge in [0.2, 0.25) is 0 Å². The van der Waals surface area contributed by atoms with Crippen molar-refractivity contribution in [2.75, 3.05) is 26.2 Å². The Kier molecular flexibility index (Phi) is 6.02. The summed E-state index contributed by atoms with van der Waals surface area (Å²) in [6.45, 7) is 9.27. The molecule has 1 fully saturated rings. The number of nitrogens with zero attached hydrogens (tertiary/aromatic N) is 1. The largest absolute Gasteiger partial charge is 0.378 e. The Balaban J connectivity index is 1.78. The second-order valence-corrected chi connectivity index (χ2v) is 5.92. The van der Waals surface area contributed by atoms with Gasteiger partial charge in [-0.25, -0.2) is 0 Å². The van der Waals surface area contributed by atoms with Gasteiger partial charge in [-0.05, 0) is 50.8 Å². The molecule has 0 atom stereocenters. The van der Waals surface area contributed by atoms with Gasteiger partial charge in [-0.3, -0.25) is 4.90 Å². The Hall–Kier alpha value is -0.900. The number of aryl methyl sites for hydroxylation is 2. The number of hydrogen-bond donors (Lipinski definition) is 1. The second-order valence-electron chi connectivity index (χ2n) is 5.92. The molecule has 3 nitrogen and oxygen atoms in total. The van der Waals surface area contributed by atoms with Crippen LogP contribution in [0.4, 0.5) is 0 Å². The first kappa shape index (κ1) is 15.5. The fraction of sp³-hybridized carbons (Fsp3) is 0.647. The molecule has 0 aromatic heterocycles. The summed E-state index contributed by atoms with van der Waals surface area (Å²) < 4.78 is 5.86. The minimum absolute atomic E-state index is 0.441. The zero-order valence-corrected chi connectivity index (χ0v) is 12.9. The van der Waals surface area contributed by atoms with Crippen molar-refractivity contribution >= 4 is 0 Å². The van der Waals surface area contributed by atoms with E-state index < -0.39 is 0 Å². The fourth-order valence-electron chi connectivity index (χ4n) is 2.78. The van der Waals surface area contributed by atoms with Crippen LogP contribution in [-0.2, 0) is 11.3 Å². The summed E-state index contributed by atoms with van der Waals surface area (Å²) in [5.74, 6) is 0. The van der Waals surface area contributed by atoms with Crippen LogP contribution in [0.1, 0.15) is 36.0 Å². The summed E-state index contributed by atoms with van der Waals surface area (Å²) in [4.78, 5) is 2.55. The van der Waals surface area contributed by atoms with Crippen molar-refractivity contribution in [3.8, 4) is 0 Å². The van der Waals surface area contributed by atoms with E-state index in [0.29, 0.717) is 6.10 Å². The Morgan fingerprint density at radius 3 is 2.70 bits per heavy atom. The van der Waals surface area contributed by atoms with Gasteiger partial charge in [0.1, 0.15) is 0 Å². The molecule has 2 rings (SSSR count). The van der Waals surface area contributed by atoms with E-state index in [1.165, 1.54) is 16.7 Å². The van der Waals surface area contributed by atoms with Crippen LogP contribution in [0, 0.1) is 13.8 Å². The lowest BCUT2D eigenvalue weighted by atomic mass is 10.0. The molecule has 112 valence electrons. The van der Waals surface area contributed by atoms with Crippen LogP contribution in [0.25, 0.3) is 0 Å². The third-order valence-corrected chi connectivity index (χ3v) is 4.14. The molecule has 0 unspecified atom stereocenters. The van der Waals surface area contributed by atoms with Gasteiger partial charge in [0.25, 0.3) is 0 Å². The topological polar surface area (TPSA) is 38.5 Å². The van der Waals surface area contributed by atoms with E-state index in [1.807, 2.05) is 0 Å². The standard InChI is InChI=1S/C17H28N2O/c1-14-4-5-15(2)16(12-14)13-19-9-6-17(7-10-19)20-11-3-8-18/h4-5,12,17H,3,6-11,13,18H2,1-2H3. The number of hydrogen-bond acceptors (Lipinski definition) is 3. The molecule has 0 saturated carbocycles. The third kappa shape index (κ3) is 4.58. The van der Waals surface area contributed by atoms with E-state index in [1.54, 1.807) is 0 Å². The molecule has 20 heavy (non-hydrogen) atoms. The molecule has 0 amide bonds. The van der Waals surface area contributed by atoms with Gasteiger partial charge in [-0.15, -0.1) is 0 Å². The van der Waals surface area contributed by atoms with Crippen LogP contribution in [0.3, 0.4) is 0 Å². The second kappa shape index (κ2) is 7.77. The summed E-state index contributed by atoms with van der Waals surface area (Å²) >= 11 is 0. The molecule has 1 aromatic rings. The van der Waals surface area contributed by atoms with E-state index in [0.717, 1.165) is 52.0 Å². The maximum Gasteiger partial charge on any atom is 0.0599 e. The monoisotopic (exact) mass is 276 g/mol. The summed E-state index contributed by atoms with van der Waals surface area (Å²) in [6.07, 6.45) is 3.71. The number of benzene rings is 1. The molecule has 0 bridgehead atoms. The lowest BCUT2D eigenvalue weighted by molar-refractivity contribution is 0.00560. The summed E-state index contributed by atoms with van der Waals surface area (Å²) in [5.41, 5.74) is 9.71. The van der Waals surface area contributed by atoms with Gasteiger partial charge in [-0.2, -0.15) is 0 Å². The van der Waals surface area contributed by atoms with E-state index in [2.05, 4.69) is 36.9 Å². The first-order valence-electron chi connectivity index (χ1n) is 7.79. The van der Waals surface area contributed by atoms with Crippen LogP contribution in [0.2, 0.25) is 0 Å². The lowest BCUT2D eigenvalue weighted by Crippen LogP contribution is -2.37. The van der Waals surface area contributed by atoms with Gasteiger partial charge >= 0.3 is 0 Å². The molecule has 0 radical (unpaired) electrons. The van der Waals surface area contributed by atoms with Crippen LogP contribution in [0.5, 0.6) is 0 Å². The predicted octanol–water partition coefficient (Wildman–Crippen LogP) is 2.63. The molecule has 0 spiro atoms. The highest BCUT2D eigenvalue weighted by Crippen LogP contribution is 2.19. The van der Waals surface area contributed by atoms with E-state index in [4.69, 9.17) is 10.5 Å².